The van der Waals surface area contributed by atoms with E-state index in [0.717, 1.165) is 12.1 Å². The molecule has 0 aliphatic rings. The summed E-state index contributed by atoms with van der Waals surface area (Å²) < 4.78 is 54.2. The fourth-order valence-electron chi connectivity index (χ4n) is 0.850. The van der Waals surface area contributed by atoms with Gasteiger partial charge in [-0.1, -0.05) is 15.9 Å². The van der Waals surface area contributed by atoms with E-state index in [1.54, 1.807) is 0 Å². The van der Waals surface area contributed by atoms with Gasteiger partial charge in [-0.3, -0.25) is 0 Å². The standard InChI is InChI=1S/C9H6Br2F4O/c10-6-3-5(12)1-2-7(6)16-4-8(11)9(13,14)15/h1-3,8H,4H2. The van der Waals surface area contributed by atoms with Crippen LogP contribution in [0.15, 0.2) is 22.7 Å². The maximum Gasteiger partial charge on any atom is 0.404 e. The second-order valence-electron chi connectivity index (χ2n) is 2.89. The van der Waals surface area contributed by atoms with Gasteiger partial charge in [0.1, 0.15) is 23.0 Å². The number of rotatable bonds is 3. The van der Waals surface area contributed by atoms with E-state index < -0.39 is 23.4 Å². The molecule has 0 amide bonds. The van der Waals surface area contributed by atoms with Crippen molar-refractivity contribution >= 4 is 31.9 Å². The molecule has 1 unspecified atom stereocenters. The number of hydrogen-bond acceptors (Lipinski definition) is 1. The maximum atomic E-state index is 12.7. The molecule has 0 saturated heterocycles. The van der Waals surface area contributed by atoms with E-state index in [4.69, 9.17) is 4.74 Å². The number of halogens is 6. The highest BCUT2D eigenvalue weighted by Crippen LogP contribution is 2.29. The summed E-state index contributed by atoms with van der Waals surface area (Å²) >= 11 is 5.44. The van der Waals surface area contributed by atoms with E-state index in [1.165, 1.54) is 6.07 Å². The Hall–Kier alpha value is -0.300. The van der Waals surface area contributed by atoms with Gasteiger partial charge in [0.25, 0.3) is 0 Å². The smallest absolute Gasteiger partial charge is 0.404 e. The Morgan fingerprint density at radius 2 is 1.94 bits per heavy atom. The third kappa shape index (κ3) is 3.93. The molecule has 0 aromatic heterocycles. The van der Waals surface area contributed by atoms with Gasteiger partial charge in [-0.2, -0.15) is 13.2 Å². The Balaban J connectivity index is 2.62. The minimum absolute atomic E-state index is 0.162. The lowest BCUT2D eigenvalue weighted by Crippen LogP contribution is -2.28. The monoisotopic (exact) mass is 364 g/mol. The molecule has 0 saturated carbocycles. The van der Waals surface area contributed by atoms with Crippen molar-refractivity contribution in [3.05, 3.63) is 28.5 Å². The van der Waals surface area contributed by atoms with Crippen molar-refractivity contribution in [3.8, 4) is 5.75 Å². The summed E-state index contributed by atoms with van der Waals surface area (Å²) in [7, 11) is 0. The van der Waals surface area contributed by atoms with Crippen LogP contribution in [0.25, 0.3) is 0 Å². The van der Waals surface area contributed by atoms with Crippen molar-refractivity contribution in [3.63, 3.8) is 0 Å². The van der Waals surface area contributed by atoms with Crippen molar-refractivity contribution in [2.75, 3.05) is 6.61 Å². The van der Waals surface area contributed by atoms with Gasteiger partial charge >= 0.3 is 6.18 Å². The zero-order valence-electron chi connectivity index (χ0n) is 7.69. The first kappa shape index (κ1) is 13.8. The molecule has 1 aromatic carbocycles. The van der Waals surface area contributed by atoms with Crippen LogP contribution in [0.1, 0.15) is 0 Å². The summed E-state index contributed by atoms with van der Waals surface area (Å²) in [5.41, 5.74) is 0. The molecule has 1 atom stereocenters. The van der Waals surface area contributed by atoms with Crippen molar-refractivity contribution in [2.45, 2.75) is 11.0 Å². The zero-order chi connectivity index (χ0) is 12.3. The van der Waals surface area contributed by atoms with Crippen molar-refractivity contribution in [2.24, 2.45) is 0 Å². The molecular formula is C9H6Br2F4O. The van der Waals surface area contributed by atoms with Gasteiger partial charge in [-0.15, -0.1) is 0 Å². The number of hydrogen-bond donors (Lipinski definition) is 0. The molecule has 16 heavy (non-hydrogen) atoms. The molecule has 1 aromatic rings. The van der Waals surface area contributed by atoms with E-state index in [0.29, 0.717) is 0 Å². The molecule has 0 aliphatic heterocycles. The van der Waals surface area contributed by atoms with Gasteiger partial charge in [-0.05, 0) is 34.1 Å². The summed E-state index contributed by atoms with van der Waals surface area (Å²) in [5.74, 6) is -0.333. The van der Waals surface area contributed by atoms with Crippen LogP contribution in [-0.4, -0.2) is 17.6 Å². The molecular weight excluding hydrogens is 360 g/mol. The third-order valence-electron chi connectivity index (χ3n) is 1.63. The number of benzene rings is 1. The van der Waals surface area contributed by atoms with Crippen LogP contribution in [0.2, 0.25) is 0 Å². The summed E-state index contributed by atoms with van der Waals surface area (Å²) in [6, 6.07) is 3.48. The fraction of sp³-hybridized carbons (Fsp3) is 0.333. The van der Waals surface area contributed by atoms with Crippen LogP contribution in [0.5, 0.6) is 5.75 Å². The van der Waals surface area contributed by atoms with Gasteiger partial charge in [0.15, 0.2) is 0 Å². The van der Waals surface area contributed by atoms with Gasteiger partial charge in [-0.25, -0.2) is 4.39 Å². The number of alkyl halides is 4. The summed E-state index contributed by atoms with van der Waals surface area (Å²) in [5, 5.41) is 0. The third-order valence-corrected chi connectivity index (χ3v) is 3.04. The molecule has 0 aliphatic carbocycles. The largest absolute Gasteiger partial charge is 0.491 e. The van der Waals surface area contributed by atoms with Gasteiger partial charge in [0, 0.05) is 0 Å². The van der Waals surface area contributed by atoms with E-state index in [2.05, 4.69) is 31.9 Å². The van der Waals surface area contributed by atoms with E-state index in [1.807, 2.05) is 0 Å². The van der Waals surface area contributed by atoms with Crippen LogP contribution in [-0.2, 0) is 0 Å². The molecule has 0 N–H and O–H groups in total. The zero-order valence-corrected chi connectivity index (χ0v) is 10.9. The lowest BCUT2D eigenvalue weighted by Gasteiger charge is -2.15. The van der Waals surface area contributed by atoms with Crippen molar-refractivity contribution in [1.82, 2.24) is 0 Å². The highest BCUT2D eigenvalue weighted by Gasteiger charge is 2.38. The van der Waals surface area contributed by atoms with Crippen molar-refractivity contribution in [1.29, 1.82) is 0 Å². The van der Waals surface area contributed by atoms with Gasteiger partial charge in [0.2, 0.25) is 0 Å². The minimum atomic E-state index is -4.37. The van der Waals surface area contributed by atoms with Crippen molar-refractivity contribution < 1.29 is 22.3 Å². The second-order valence-corrected chi connectivity index (χ2v) is 4.85. The Morgan fingerprint density at radius 1 is 1.31 bits per heavy atom. The Labute approximate surface area is 106 Å². The first-order valence-electron chi connectivity index (χ1n) is 4.09. The predicted octanol–water partition coefficient (Wildman–Crippen LogP) is 4.29. The Bertz CT molecular complexity index is 367. The molecule has 0 bridgehead atoms. The average molecular weight is 366 g/mol. The highest BCUT2D eigenvalue weighted by molar-refractivity contribution is 9.10. The summed E-state index contributed by atoms with van der Waals surface area (Å²) in [6.45, 7) is -0.576. The van der Waals surface area contributed by atoms with Crippen LogP contribution in [0, 0.1) is 5.82 Å². The van der Waals surface area contributed by atoms with Crippen LogP contribution >= 0.6 is 31.9 Å². The predicted molar refractivity (Wildman–Crippen MR) is 58.4 cm³/mol. The topological polar surface area (TPSA) is 9.23 Å². The summed E-state index contributed by atoms with van der Waals surface area (Å²) in [6.07, 6.45) is -4.37. The maximum absolute atomic E-state index is 12.7. The molecule has 1 rings (SSSR count). The Morgan fingerprint density at radius 3 is 2.44 bits per heavy atom. The number of ether oxygens (including phenoxy) is 1. The van der Waals surface area contributed by atoms with Crippen LogP contribution in [0.4, 0.5) is 17.6 Å². The second kappa shape index (κ2) is 5.35. The van der Waals surface area contributed by atoms with E-state index in [-0.39, 0.29) is 10.2 Å². The SMILES string of the molecule is Fc1ccc(OCC(Br)C(F)(F)F)c(Br)c1. The first-order chi connectivity index (χ1) is 7.30. The minimum Gasteiger partial charge on any atom is -0.491 e. The van der Waals surface area contributed by atoms with Gasteiger partial charge < -0.3 is 4.74 Å². The molecule has 0 spiro atoms. The van der Waals surface area contributed by atoms with E-state index in [9.17, 15) is 17.6 Å². The Kier molecular flexibility index (Phi) is 4.61. The molecule has 90 valence electrons. The van der Waals surface area contributed by atoms with Gasteiger partial charge in [0.05, 0.1) is 4.47 Å². The van der Waals surface area contributed by atoms with Crippen LogP contribution in [0.3, 0.4) is 0 Å². The molecule has 0 fully saturated rings. The average Bonchev–Trinajstić information content (AvgIpc) is 2.14. The molecule has 1 nitrogen and oxygen atoms in total. The van der Waals surface area contributed by atoms with E-state index >= 15 is 0 Å². The lowest BCUT2D eigenvalue weighted by molar-refractivity contribution is -0.132. The van der Waals surface area contributed by atoms with Crippen LogP contribution < -0.4 is 4.74 Å². The highest BCUT2D eigenvalue weighted by atomic mass is 79.9. The quantitative estimate of drug-likeness (QED) is 0.573. The normalized spacial score (nSPS) is 13.6. The first-order valence-corrected chi connectivity index (χ1v) is 5.80. The fourth-order valence-corrected chi connectivity index (χ4v) is 1.45. The summed E-state index contributed by atoms with van der Waals surface area (Å²) in [4.78, 5) is -1.75. The molecule has 0 radical (unpaired) electrons. The molecule has 0 heterocycles. The lowest BCUT2D eigenvalue weighted by atomic mass is 10.3. The molecule has 7 heteroatoms.